The molecule has 0 aliphatic heterocycles. The second kappa shape index (κ2) is 7.17. The Kier molecular flexibility index (Phi) is 6.16. The van der Waals surface area contributed by atoms with Crippen LogP contribution in [0.25, 0.3) is 0 Å². The molecule has 0 bridgehead atoms. The fourth-order valence-corrected chi connectivity index (χ4v) is 2.00. The van der Waals surface area contributed by atoms with E-state index in [1.165, 1.54) is 12.1 Å². The number of benzene rings is 1. The molecule has 1 aromatic rings. The molecule has 0 aromatic heterocycles. The van der Waals surface area contributed by atoms with Crippen LogP contribution < -0.4 is 5.32 Å². The molecule has 2 atom stereocenters. The molecule has 0 amide bonds. The Labute approximate surface area is 115 Å². The van der Waals surface area contributed by atoms with E-state index in [-0.39, 0.29) is 28.8 Å². The fourth-order valence-electron chi connectivity index (χ4n) is 1.46. The summed E-state index contributed by atoms with van der Waals surface area (Å²) in [6.07, 6.45) is 0.0834. The maximum absolute atomic E-state index is 12.2. The van der Waals surface area contributed by atoms with Gasteiger partial charge >= 0.3 is 5.51 Å². The fraction of sp³-hybridized carbons (Fsp3) is 0.538. The molecule has 0 saturated carbocycles. The Morgan fingerprint density at radius 1 is 1.21 bits per heavy atom. The van der Waals surface area contributed by atoms with Crippen molar-refractivity contribution in [2.24, 2.45) is 0 Å². The predicted octanol–water partition coefficient (Wildman–Crippen LogP) is 3.81. The average Bonchev–Trinajstić information content (AvgIpc) is 2.34. The third kappa shape index (κ3) is 6.31. The van der Waals surface area contributed by atoms with Crippen LogP contribution in [0.3, 0.4) is 0 Å². The molecule has 0 heterocycles. The minimum atomic E-state index is -4.23. The van der Waals surface area contributed by atoms with E-state index in [1.807, 2.05) is 13.8 Å². The van der Waals surface area contributed by atoms with E-state index in [0.717, 1.165) is 5.56 Å². The van der Waals surface area contributed by atoms with Crippen molar-refractivity contribution in [2.45, 2.75) is 42.9 Å². The van der Waals surface area contributed by atoms with Crippen LogP contribution in [0.15, 0.2) is 29.2 Å². The molecule has 108 valence electrons. The molecule has 0 aliphatic rings. The van der Waals surface area contributed by atoms with Crippen LogP contribution in [0.2, 0.25) is 0 Å². The van der Waals surface area contributed by atoms with E-state index in [4.69, 9.17) is 4.74 Å². The van der Waals surface area contributed by atoms with Gasteiger partial charge in [-0.25, -0.2) is 0 Å². The minimum absolute atomic E-state index is 0.0834. The van der Waals surface area contributed by atoms with Crippen molar-refractivity contribution in [1.29, 1.82) is 0 Å². The monoisotopic (exact) mass is 293 g/mol. The molecule has 19 heavy (non-hydrogen) atoms. The number of hydrogen-bond acceptors (Lipinski definition) is 3. The summed E-state index contributed by atoms with van der Waals surface area (Å²) < 4.78 is 41.7. The molecule has 6 heteroatoms. The van der Waals surface area contributed by atoms with Gasteiger partial charge in [-0.05, 0) is 43.3 Å². The van der Waals surface area contributed by atoms with Crippen molar-refractivity contribution >= 4 is 11.8 Å². The highest BCUT2D eigenvalue weighted by Gasteiger charge is 2.28. The van der Waals surface area contributed by atoms with E-state index in [1.54, 1.807) is 19.2 Å². The lowest BCUT2D eigenvalue weighted by Crippen LogP contribution is -2.36. The highest BCUT2D eigenvalue weighted by Crippen LogP contribution is 2.36. The highest BCUT2D eigenvalue weighted by molar-refractivity contribution is 8.00. The third-order valence-corrected chi connectivity index (χ3v) is 3.60. The highest BCUT2D eigenvalue weighted by atomic mass is 32.2. The number of methoxy groups -OCH3 is 1. The maximum atomic E-state index is 12.2. The smallest absolute Gasteiger partial charge is 0.380 e. The largest absolute Gasteiger partial charge is 0.446 e. The van der Waals surface area contributed by atoms with Crippen molar-refractivity contribution in [3.63, 3.8) is 0 Å². The van der Waals surface area contributed by atoms with Crippen LogP contribution in [-0.2, 0) is 11.3 Å². The number of thioether (sulfide) groups is 1. The number of ether oxygens (including phenoxy) is 1. The zero-order valence-electron chi connectivity index (χ0n) is 11.1. The second-order valence-corrected chi connectivity index (χ2v) is 5.44. The van der Waals surface area contributed by atoms with Crippen molar-refractivity contribution in [3.05, 3.63) is 29.8 Å². The molecule has 1 aromatic carbocycles. The van der Waals surface area contributed by atoms with Crippen molar-refractivity contribution in [2.75, 3.05) is 7.11 Å². The lowest BCUT2D eigenvalue weighted by molar-refractivity contribution is -0.0328. The first-order valence-corrected chi connectivity index (χ1v) is 6.74. The van der Waals surface area contributed by atoms with Crippen LogP contribution in [0.4, 0.5) is 13.2 Å². The Balaban J connectivity index is 2.49. The Morgan fingerprint density at radius 2 is 1.79 bits per heavy atom. The summed E-state index contributed by atoms with van der Waals surface area (Å²) in [5.41, 5.74) is -3.29. The molecular weight excluding hydrogens is 275 g/mol. The zero-order valence-corrected chi connectivity index (χ0v) is 11.9. The molecule has 0 saturated heterocycles. The van der Waals surface area contributed by atoms with Crippen molar-refractivity contribution in [1.82, 2.24) is 5.32 Å². The Hall–Kier alpha value is -0.720. The first-order chi connectivity index (χ1) is 8.81. The van der Waals surface area contributed by atoms with E-state index in [9.17, 15) is 13.2 Å². The first-order valence-electron chi connectivity index (χ1n) is 5.92. The van der Waals surface area contributed by atoms with Gasteiger partial charge in [0.15, 0.2) is 0 Å². The third-order valence-electron chi connectivity index (χ3n) is 2.86. The van der Waals surface area contributed by atoms with Crippen LogP contribution in [0.5, 0.6) is 0 Å². The van der Waals surface area contributed by atoms with Gasteiger partial charge in [0.2, 0.25) is 0 Å². The number of alkyl halides is 3. The number of halogens is 3. The summed E-state index contributed by atoms with van der Waals surface area (Å²) in [6.45, 7) is 4.56. The molecule has 2 nitrogen and oxygen atoms in total. The minimum Gasteiger partial charge on any atom is -0.380 e. The van der Waals surface area contributed by atoms with Gasteiger partial charge in [-0.1, -0.05) is 12.1 Å². The van der Waals surface area contributed by atoms with E-state index >= 15 is 0 Å². The van der Waals surface area contributed by atoms with Gasteiger partial charge in [-0.2, -0.15) is 13.2 Å². The van der Waals surface area contributed by atoms with Gasteiger partial charge in [0.25, 0.3) is 0 Å². The molecule has 1 rings (SSSR count). The molecule has 0 spiro atoms. The topological polar surface area (TPSA) is 21.3 Å². The molecular formula is C13H18F3NOS. The molecule has 1 N–H and O–H groups in total. The first kappa shape index (κ1) is 16.3. The Morgan fingerprint density at radius 3 is 2.26 bits per heavy atom. The van der Waals surface area contributed by atoms with Crippen LogP contribution in [-0.4, -0.2) is 24.8 Å². The van der Waals surface area contributed by atoms with E-state index in [0.29, 0.717) is 6.54 Å². The Bertz CT molecular complexity index is 380. The van der Waals surface area contributed by atoms with E-state index < -0.39 is 5.51 Å². The molecule has 0 radical (unpaired) electrons. The van der Waals surface area contributed by atoms with Gasteiger partial charge < -0.3 is 10.1 Å². The molecule has 0 fully saturated rings. The summed E-state index contributed by atoms with van der Waals surface area (Å²) in [4.78, 5) is 0.203. The summed E-state index contributed by atoms with van der Waals surface area (Å²) >= 11 is -0.0981. The van der Waals surface area contributed by atoms with Crippen LogP contribution in [0.1, 0.15) is 19.4 Å². The van der Waals surface area contributed by atoms with Crippen LogP contribution in [0, 0.1) is 0 Å². The second-order valence-electron chi connectivity index (χ2n) is 4.30. The van der Waals surface area contributed by atoms with Gasteiger partial charge in [-0.15, -0.1) is 0 Å². The summed E-state index contributed by atoms with van der Waals surface area (Å²) in [7, 11) is 1.64. The average molecular weight is 293 g/mol. The predicted molar refractivity (Wildman–Crippen MR) is 71.1 cm³/mol. The number of nitrogens with one attached hydrogen (secondary N) is 1. The zero-order chi connectivity index (χ0) is 14.5. The summed E-state index contributed by atoms with van der Waals surface area (Å²) in [6, 6.07) is 6.55. The lowest BCUT2D eigenvalue weighted by atomic mass is 10.2. The quantitative estimate of drug-likeness (QED) is 0.806. The van der Waals surface area contributed by atoms with E-state index in [2.05, 4.69) is 5.32 Å². The SMILES string of the molecule is CO[C@@H](C)[C@H](C)NCc1ccc(SC(F)(F)F)cc1. The molecule has 0 aliphatic carbocycles. The van der Waals surface area contributed by atoms with Gasteiger partial charge in [0, 0.05) is 24.6 Å². The summed E-state index contributed by atoms with van der Waals surface area (Å²) in [5, 5.41) is 3.26. The number of hydrogen-bond donors (Lipinski definition) is 1. The van der Waals surface area contributed by atoms with Gasteiger partial charge in [0.05, 0.1) is 6.10 Å². The molecule has 0 unspecified atom stereocenters. The van der Waals surface area contributed by atoms with Gasteiger partial charge in [0.1, 0.15) is 0 Å². The number of rotatable bonds is 6. The summed E-state index contributed by atoms with van der Waals surface area (Å²) in [5.74, 6) is 0. The maximum Gasteiger partial charge on any atom is 0.446 e. The van der Waals surface area contributed by atoms with Crippen LogP contribution >= 0.6 is 11.8 Å². The van der Waals surface area contributed by atoms with Crippen molar-refractivity contribution < 1.29 is 17.9 Å². The lowest BCUT2D eigenvalue weighted by Gasteiger charge is -2.20. The van der Waals surface area contributed by atoms with Crippen molar-refractivity contribution in [3.8, 4) is 0 Å². The normalized spacial score (nSPS) is 15.3. The van der Waals surface area contributed by atoms with Gasteiger partial charge in [-0.3, -0.25) is 0 Å². The standard InChI is InChI=1S/C13H18F3NOS/c1-9(10(2)18-3)17-8-11-4-6-12(7-5-11)19-13(14,15)16/h4-7,9-10,17H,8H2,1-3H3/t9-,10-/m0/s1.